The van der Waals surface area contributed by atoms with Gasteiger partial charge in [-0.3, -0.25) is 9.69 Å². The molecule has 1 aliphatic rings. The van der Waals surface area contributed by atoms with Crippen molar-refractivity contribution < 1.29 is 14.3 Å². The predicted octanol–water partition coefficient (Wildman–Crippen LogP) is 0.267. The Morgan fingerprint density at radius 2 is 2.53 bits per heavy atom. The molecular weight excluding hydrogens is 196 g/mol. The molecule has 1 fully saturated rings. The first-order valence-electron chi connectivity index (χ1n) is 4.86. The summed E-state index contributed by atoms with van der Waals surface area (Å²) >= 11 is 0. The van der Waals surface area contributed by atoms with Crippen molar-refractivity contribution in [2.75, 3.05) is 13.1 Å². The van der Waals surface area contributed by atoms with Gasteiger partial charge < -0.3 is 15.3 Å². The van der Waals surface area contributed by atoms with Crippen molar-refractivity contribution in [3.63, 3.8) is 0 Å². The summed E-state index contributed by atoms with van der Waals surface area (Å²) in [5.74, 6) is -0.919. The molecule has 1 aliphatic heterocycles. The van der Waals surface area contributed by atoms with Gasteiger partial charge in [0, 0.05) is 25.2 Å². The summed E-state index contributed by atoms with van der Waals surface area (Å²) in [5, 5.41) is 8.95. The Bertz CT molecular complexity index is 350. The molecule has 0 radical (unpaired) electrons. The van der Waals surface area contributed by atoms with Gasteiger partial charge in [0.2, 0.25) is 0 Å². The molecule has 5 heteroatoms. The fraction of sp³-hybridized carbons (Fsp3) is 0.500. The number of hydrogen-bond donors (Lipinski definition) is 2. The number of furan rings is 1. The lowest BCUT2D eigenvalue weighted by Crippen LogP contribution is -2.49. The lowest BCUT2D eigenvalue weighted by Gasteiger charge is -2.19. The topological polar surface area (TPSA) is 79.7 Å². The van der Waals surface area contributed by atoms with E-state index in [4.69, 9.17) is 15.3 Å². The number of likely N-dealkylation sites (tertiary alicyclic amines) is 1. The Labute approximate surface area is 87.5 Å². The Morgan fingerprint density at radius 3 is 3.07 bits per heavy atom. The van der Waals surface area contributed by atoms with Gasteiger partial charge in [0.05, 0.1) is 12.5 Å². The molecule has 1 saturated heterocycles. The Balaban J connectivity index is 1.96. The molecule has 1 aromatic rings. The van der Waals surface area contributed by atoms with Gasteiger partial charge in [-0.25, -0.2) is 0 Å². The first kappa shape index (κ1) is 10.2. The van der Waals surface area contributed by atoms with Crippen LogP contribution >= 0.6 is 0 Å². The minimum absolute atomic E-state index is 0.396. The first-order valence-corrected chi connectivity index (χ1v) is 4.86. The van der Waals surface area contributed by atoms with Gasteiger partial charge in [-0.2, -0.15) is 0 Å². The fourth-order valence-electron chi connectivity index (χ4n) is 1.87. The summed E-state index contributed by atoms with van der Waals surface area (Å²) in [6, 6.07) is 1.87. The van der Waals surface area contributed by atoms with E-state index in [1.165, 1.54) is 0 Å². The summed E-state index contributed by atoms with van der Waals surface area (Å²) in [6.45, 7) is 1.81. The van der Waals surface area contributed by atoms with Crippen molar-refractivity contribution in [3.8, 4) is 0 Å². The van der Waals surface area contributed by atoms with E-state index in [2.05, 4.69) is 0 Å². The summed E-state index contributed by atoms with van der Waals surface area (Å²) < 4.78 is 4.95. The highest BCUT2D eigenvalue weighted by atomic mass is 16.4. The average molecular weight is 210 g/mol. The van der Waals surface area contributed by atoms with Crippen molar-refractivity contribution in [2.24, 2.45) is 5.73 Å². The summed E-state index contributed by atoms with van der Waals surface area (Å²) in [5.41, 5.74) is 5.72. The smallest absolute Gasteiger partial charge is 0.325 e. The number of nitrogens with two attached hydrogens (primary N) is 1. The van der Waals surface area contributed by atoms with Crippen molar-refractivity contribution in [1.29, 1.82) is 0 Å². The second-order valence-electron chi connectivity index (χ2n) is 4.05. The van der Waals surface area contributed by atoms with Gasteiger partial charge in [0.1, 0.15) is 5.54 Å². The maximum absolute atomic E-state index is 10.9. The molecule has 0 saturated carbocycles. The van der Waals surface area contributed by atoms with Crippen molar-refractivity contribution >= 4 is 5.97 Å². The minimum Gasteiger partial charge on any atom is -0.480 e. The highest BCUT2D eigenvalue weighted by Gasteiger charge is 2.41. The third-order valence-electron chi connectivity index (χ3n) is 2.79. The molecule has 3 N–H and O–H groups in total. The SMILES string of the molecule is NC1(C(=O)O)CCN(Cc2ccoc2)C1. The molecule has 15 heavy (non-hydrogen) atoms. The van der Waals surface area contributed by atoms with Crippen LogP contribution < -0.4 is 5.73 Å². The van der Waals surface area contributed by atoms with Gasteiger partial charge >= 0.3 is 5.97 Å². The summed E-state index contributed by atoms with van der Waals surface area (Å²) in [4.78, 5) is 12.9. The number of nitrogens with zero attached hydrogens (tertiary/aromatic N) is 1. The van der Waals surface area contributed by atoms with Crippen LogP contribution in [-0.4, -0.2) is 34.6 Å². The van der Waals surface area contributed by atoms with Crippen LogP contribution in [0.4, 0.5) is 0 Å². The number of carboxylic acid groups (broad SMARTS) is 1. The molecular formula is C10H14N2O3. The average Bonchev–Trinajstić information content (AvgIpc) is 2.77. The molecule has 0 bridgehead atoms. The molecule has 82 valence electrons. The van der Waals surface area contributed by atoms with Gasteiger partial charge in [0.25, 0.3) is 0 Å². The zero-order valence-corrected chi connectivity index (χ0v) is 8.35. The lowest BCUT2D eigenvalue weighted by molar-refractivity contribution is -0.142. The number of carbonyl (C=O) groups is 1. The molecule has 2 heterocycles. The fourth-order valence-corrected chi connectivity index (χ4v) is 1.87. The molecule has 0 aliphatic carbocycles. The summed E-state index contributed by atoms with van der Waals surface area (Å²) in [6.07, 6.45) is 3.77. The third kappa shape index (κ3) is 2.03. The Kier molecular flexibility index (Phi) is 2.50. The second kappa shape index (κ2) is 3.67. The van der Waals surface area contributed by atoms with Gasteiger partial charge in [-0.1, -0.05) is 0 Å². The quantitative estimate of drug-likeness (QED) is 0.748. The van der Waals surface area contributed by atoms with E-state index >= 15 is 0 Å². The monoisotopic (exact) mass is 210 g/mol. The minimum atomic E-state index is -1.08. The van der Waals surface area contributed by atoms with Crippen LogP contribution in [0.15, 0.2) is 23.0 Å². The van der Waals surface area contributed by atoms with E-state index < -0.39 is 11.5 Å². The molecule has 5 nitrogen and oxygen atoms in total. The van der Waals surface area contributed by atoms with E-state index in [1.807, 2.05) is 11.0 Å². The Hall–Kier alpha value is -1.33. The first-order chi connectivity index (χ1) is 7.10. The van der Waals surface area contributed by atoms with Crippen LogP contribution in [0.5, 0.6) is 0 Å². The second-order valence-corrected chi connectivity index (χ2v) is 4.05. The van der Waals surface area contributed by atoms with Gasteiger partial charge in [0.15, 0.2) is 0 Å². The third-order valence-corrected chi connectivity index (χ3v) is 2.79. The largest absolute Gasteiger partial charge is 0.480 e. The molecule has 2 rings (SSSR count). The highest BCUT2D eigenvalue weighted by molar-refractivity contribution is 5.79. The molecule has 0 amide bonds. The van der Waals surface area contributed by atoms with Gasteiger partial charge in [-0.05, 0) is 12.5 Å². The number of carboxylic acids is 1. The molecule has 1 aromatic heterocycles. The standard InChI is InChI=1S/C10H14N2O3/c11-10(9(13)14)2-3-12(7-10)5-8-1-4-15-6-8/h1,4,6H,2-3,5,7,11H2,(H,13,14). The zero-order chi connectivity index (χ0) is 10.9. The van der Waals surface area contributed by atoms with E-state index in [-0.39, 0.29) is 0 Å². The number of hydrogen-bond acceptors (Lipinski definition) is 4. The van der Waals surface area contributed by atoms with Crippen molar-refractivity contribution in [1.82, 2.24) is 4.90 Å². The van der Waals surface area contributed by atoms with Crippen LogP contribution in [0.3, 0.4) is 0 Å². The normalized spacial score (nSPS) is 27.0. The van der Waals surface area contributed by atoms with E-state index in [9.17, 15) is 4.79 Å². The van der Waals surface area contributed by atoms with E-state index in [0.29, 0.717) is 26.1 Å². The number of aliphatic carboxylic acids is 1. The van der Waals surface area contributed by atoms with E-state index in [1.54, 1.807) is 12.5 Å². The van der Waals surface area contributed by atoms with Crippen LogP contribution in [0.1, 0.15) is 12.0 Å². The molecule has 0 aromatic carbocycles. The summed E-state index contributed by atoms with van der Waals surface area (Å²) in [7, 11) is 0. The highest BCUT2D eigenvalue weighted by Crippen LogP contribution is 2.20. The molecule has 1 unspecified atom stereocenters. The predicted molar refractivity (Wildman–Crippen MR) is 53.2 cm³/mol. The van der Waals surface area contributed by atoms with Crippen LogP contribution in [-0.2, 0) is 11.3 Å². The maximum Gasteiger partial charge on any atom is 0.325 e. The van der Waals surface area contributed by atoms with E-state index in [0.717, 1.165) is 5.56 Å². The number of rotatable bonds is 3. The molecule has 0 spiro atoms. The maximum atomic E-state index is 10.9. The van der Waals surface area contributed by atoms with Crippen molar-refractivity contribution in [2.45, 2.75) is 18.5 Å². The van der Waals surface area contributed by atoms with Crippen LogP contribution in [0.2, 0.25) is 0 Å². The van der Waals surface area contributed by atoms with Crippen LogP contribution in [0, 0.1) is 0 Å². The van der Waals surface area contributed by atoms with Crippen molar-refractivity contribution in [3.05, 3.63) is 24.2 Å². The molecule has 1 atom stereocenters. The van der Waals surface area contributed by atoms with Gasteiger partial charge in [-0.15, -0.1) is 0 Å². The zero-order valence-electron chi connectivity index (χ0n) is 8.35. The Morgan fingerprint density at radius 1 is 1.73 bits per heavy atom. The lowest BCUT2D eigenvalue weighted by atomic mass is 10.0. The van der Waals surface area contributed by atoms with Crippen LogP contribution in [0.25, 0.3) is 0 Å².